The minimum Gasteiger partial charge on any atom is -0.275 e. The number of amidine groups is 1. The van der Waals surface area contributed by atoms with Crippen LogP contribution in [0.15, 0.2) is 63.9 Å². The summed E-state index contributed by atoms with van der Waals surface area (Å²) in [6.07, 6.45) is 0. The molecule has 122 valence electrons. The number of hydrogen-bond donors (Lipinski definition) is 1. The average Bonchev–Trinajstić information content (AvgIpc) is 2.58. The Balaban J connectivity index is 2.06. The van der Waals surface area contributed by atoms with Crippen LogP contribution < -0.4 is 5.43 Å². The van der Waals surface area contributed by atoms with Gasteiger partial charge < -0.3 is 0 Å². The second-order valence-corrected chi connectivity index (χ2v) is 4.62. The van der Waals surface area contributed by atoms with E-state index in [1.54, 1.807) is 6.07 Å². The zero-order valence-electron chi connectivity index (χ0n) is 11.9. The summed E-state index contributed by atoms with van der Waals surface area (Å²) in [5.74, 6) is 0. The van der Waals surface area contributed by atoms with Crippen molar-refractivity contribution in [3.05, 3.63) is 68.8 Å². The molecule has 1 N–H and O–H groups in total. The van der Waals surface area contributed by atoms with Gasteiger partial charge >= 0.3 is 0 Å². The van der Waals surface area contributed by atoms with Crippen molar-refractivity contribution in [1.29, 1.82) is 0 Å². The fourth-order valence-corrected chi connectivity index (χ4v) is 1.67. The second kappa shape index (κ2) is 7.74. The summed E-state index contributed by atoms with van der Waals surface area (Å²) in [4.78, 5) is 20.2. The van der Waals surface area contributed by atoms with Gasteiger partial charge in [0.25, 0.3) is 16.7 Å². The van der Waals surface area contributed by atoms with E-state index in [1.807, 2.05) is 0 Å². The van der Waals surface area contributed by atoms with Gasteiger partial charge in [-0.2, -0.15) is 0 Å². The average molecular weight is 349 g/mol. The molecule has 0 saturated heterocycles. The largest absolute Gasteiger partial charge is 0.275 e. The van der Waals surface area contributed by atoms with Gasteiger partial charge in [0, 0.05) is 24.3 Å². The molecule has 0 amide bonds. The van der Waals surface area contributed by atoms with Gasteiger partial charge in [-0.1, -0.05) is 12.1 Å². The molecule has 0 heterocycles. The van der Waals surface area contributed by atoms with Gasteiger partial charge in [-0.3, -0.25) is 25.7 Å². The summed E-state index contributed by atoms with van der Waals surface area (Å²) < 4.78 is 0. The summed E-state index contributed by atoms with van der Waals surface area (Å²) in [5.41, 5.74) is 2.83. The highest BCUT2D eigenvalue weighted by atomic mass is 35.5. The summed E-state index contributed by atoms with van der Waals surface area (Å²) in [6.45, 7) is 0. The first kappa shape index (κ1) is 17.0. The van der Waals surface area contributed by atoms with Crippen molar-refractivity contribution in [3.8, 4) is 0 Å². The molecule has 11 heteroatoms. The Morgan fingerprint density at radius 2 is 1.62 bits per heavy atom. The van der Waals surface area contributed by atoms with E-state index in [2.05, 4.69) is 20.8 Å². The van der Waals surface area contributed by atoms with E-state index < -0.39 is 9.85 Å². The molecule has 0 aliphatic rings. The van der Waals surface area contributed by atoms with Gasteiger partial charge in [0.05, 0.1) is 21.2 Å². The number of hydrazone groups is 1. The van der Waals surface area contributed by atoms with E-state index in [4.69, 9.17) is 11.6 Å². The Hall–Kier alpha value is -3.40. The Morgan fingerprint density at radius 3 is 2.29 bits per heavy atom. The lowest BCUT2D eigenvalue weighted by molar-refractivity contribution is -0.385. The molecule has 0 fully saturated rings. The number of rotatable bonds is 5. The lowest BCUT2D eigenvalue weighted by Crippen LogP contribution is -1.94. The van der Waals surface area contributed by atoms with Crippen LogP contribution in [0.5, 0.6) is 0 Å². The molecule has 0 aliphatic carbocycles. The van der Waals surface area contributed by atoms with Gasteiger partial charge in [-0.15, -0.1) is 15.3 Å². The fourth-order valence-electron chi connectivity index (χ4n) is 1.59. The maximum atomic E-state index is 10.7. The molecule has 0 spiro atoms. The molecule has 10 nitrogen and oxygen atoms in total. The Morgan fingerprint density at radius 1 is 1.00 bits per heavy atom. The number of azo groups is 1. The molecule has 0 unspecified atom stereocenters. The van der Waals surface area contributed by atoms with Crippen molar-refractivity contribution in [2.24, 2.45) is 15.3 Å². The summed E-state index contributed by atoms with van der Waals surface area (Å²) in [5, 5.41) is 32.0. The first-order valence-corrected chi connectivity index (χ1v) is 6.73. The highest BCUT2D eigenvalue weighted by Gasteiger charge is 2.06. The molecular weight excluding hydrogens is 340 g/mol. The van der Waals surface area contributed by atoms with E-state index >= 15 is 0 Å². The van der Waals surface area contributed by atoms with E-state index in [-0.39, 0.29) is 22.4 Å². The number of anilines is 1. The van der Waals surface area contributed by atoms with Crippen molar-refractivity contribution in [2.45, 2.75) is 0 Å². The third-order valence-electron chi connectivity index (χ3n) is 2.62. The Labute approximate surface area is 139 Å². The number of nitro benzene ring substituents is 2. The van der Waals surface area contributed by atoms with Gasteiger partial charge in [-0.25, -0.2) is 0 Å². The zero-order valence-corrected chi connectivity index (χ0v) is 12.6. The number of nitro groups is 2. The monoisotopic (exact) mass is 348 g/mol. The maximum Gasteiger partial charge on any atom is 0.271 e. The molecule has 0 saturated carbocycles. The second-order valence-electron chi connectivity index (χ2n) is 4.28. The standard InChI is InChI=1S/C13H9ClN6O4/c14-13(17-15-9-3-1-5-11(7-9)19(21)22)18-16-10-4-2-6-12(8-10)20(23)24/h1-8,15H/b17-13-,18-16?. The molecule has 2 aromatic rings. The number of non-ortho nitro benzene ring substituents is 2. The molecule has 0 aromatic heterocycles. The van der Waals surface area contributed by atoms with Crippen LogP contribution in [0.4, 0.5) is 22.7 Å². The molecule has 2 aromatic carbocycles. The first-order chi connectivity index (χ1) is 11.5. The van der Waals surface area contributed by atoms with Gasteiger partial charge in [0.2, 0.25) is 0 Å². The fraction of sp³-hybridized carbons (Fsp3) is 0. The van der Waals surface area contributed by atoms with E-state index in [0.29, 0.717) is 5.69 Å². The molecule has 0 atom stereocenters. The smallest absolute Gasteiger partial charge is 0.271 e. The van der Waals surface area contributed by atoms with E-state index in [1.165, 1.54) is 42.5 Å². The number of nitrogens with zero attached hydrogens (tertiary/aromatic N) is 5. The van der Waals surface area contributed by atoms with Crippen molar-refractivity contribution >= 4 is 39.6 Å². The molecule has 0 bridgehead atoms. The molecule has 0 aliphatic heterocycles. The third-order valence-corrected chi connectivity index (χ3v) is 2.78. The maximum absolute atomic E-state index is 10.7. The summed E-state index contributed by atoms with van der Waals surface area (Å²) >= 11 is 5.74. The van der Waals surface area contributed by atoms with Crippen LogP contribution in [-0.4, -0.2) is 15.1 Å². The van der Waals surface area contributed by atoms with Crippen molar-refractivity contribution < 1.29 is 9.85 Å². The van der Waals surface area contributed by atoms with Crippen molar-refractivity contribution in [3.63, 3.8) is 0 Å². The number of benzene rings is 2. The van der Waals surface area contributed by atoms with Gasteiger partial charge in [-0.05, 0) is 23.7 Å². The van der Waals surface area contributed by atoms with E-state index in [9.17, 15) is 20.2 Å². The Kier molecular flexibility index (Phi) is 5.47. The SMILES string of the molecule is O=[N+]([O-])c1cccc(N=N/C(Cl)=N\Nc2cccc([N+](=O)[O-])c2)c1. The minimum atomic E-state index is -0.557. The summed E-state index contributed by atoms with van der Waals surface area (Å²) in [7, 11) is 0. The molecule has 2 rings (SSSR count). The lowest BCUT2D eigenvalue weighted by atomic mass is 10.3. The Bertz CT molecular complexity index is 839. The highest BCUT2D eigenvalue weighted by Crippen LogP contribution is 2.20. The first-order valence-electron chi connectivity index (χ1n) is 6.35. The van der Waals surface area contributed by atoms with Crippen LogP contribution in [0, 0.1) is 20.2 Å². The zero-order chi connectivity index (χ0) is 17.5. The quantitative estimate of drug-likeness (QED) is 0.215. The van der Waals surface area contributed by atoms with Crippen molar-refractivity contribution in [2.75, 3.05) is 5.43 Å². The molecule has 24 heavy (non-hydrogen) atoms. The van der Waals surface area contributed by atoms with Crippen LogP contribution in [0.3, 0.4) is 0 Å². The van der Waals surface area contributed by atoms with Crippen LogP contribution in [-0.2, 0) is 0 Å². The predicted molar refractivity (Wildman–Crippen MR) is 87.6 cm³/mol. The predicted octanol–water partition coefficient (Wildman–Crippen LogP) is 4.21. The van der Waals surface area contributed by atoms with Crippen LogP contribution in [0.1, 0.15) is 0 Å². The van der Waals surface area contributed by atoms with Crippen molar-refractivity contribution in [1.82, 2.24) is 0 Å². The van der Waals surface area contributed by atoms with Crippen LogP contribution in [0.2, 0.25) is 0 Å². The number of halogens is 1. The summed E-state index contributed by atoms with van der Waals surface area (Å²) in [6, 6.07) is 11.1. The van der Waals surface area contributed by atoms with Gasteiger partial charge in [0.15, 0.2) is 0 Å². The number of hydrogen-bond acceptors (Lipinski definition) is 7. The molecule has 0 radical (unpaired) electrons. The topological polar surface area (TPSA) is 135 Å². The van der Waals surface area contributed by atoms with E-state index in [0.717, 1.165) is 0 Å². The highest BCUT2D eigenvalue weighted by molar-refractivity contribution is 6.64. The number of nitrogens with one attached hydrogen (secondary N) is 1. The third kappa shape index (κ3) is 4.81. The molecular formula is C13H9ClN6O4. The lowest BCUT2D eigenvalue weighted by Gasteiger charge is -1.99. The van der Waals surface area contributed by atoms with Crippen LogP contribution >= 0.6 is 11.6 Å². The van der Waals surface area contributed by atoms with Crippen LogP contribution in [0.25, 0.3) is 0 Å². The van der Waals surface area contributed by atoms with Gasteiger partial charge in [0.1, 0.15) is 0 Å². The normalized spacial score (nSPS) is 11.5. The minimum absolute atomic E-state index is 0.107.